The number of rotatable bonds is 4. The van der Waals surface area contributed by atoms with Crippen molar-refractivity contribution in [3.05, 3.63) is 29.3 Å². The van der Waals surface area contributed by atoms with Gasteiger partial charge in [-0.15, -0.1) is 0 Å². The van der Waals surface area contributed by atoms with Crippen molar-refractivity contribution in [1.29, 1.82) is 0 Å². The monoisotopic (exact) mass is 370 g/mol. The second-order valence-electron chi connectivity index (χ2n) is 8.12. The van der Waals surface area contributed by atoms with Gasteiger partial charge >= 0.3 is 6.03 Å². The molecule has 0 spiro atoms. The largest absolute Gasteiger partial charge is 0.354 e. The first-order valence-electron chi connectivity index (χ1n) is 10.4. The summed E-state index contributed by atoms with van der Waals surface area (Å²) in [5, 5.41) is 9.40. The van der Waals surface area contributed by atoms with E-state index in [1.165, 1.54) is 43.2 Å². The van der Waals surface area contributed by atoms with Crippen LogP contribution in [0.4, 0.5) is 10.5 Å². The summed E-state index contributed by atoms with van der Waals surface area (Å²) < 4.78 is 0. The molecule has 6 nitrogen and oxygen atoms in total. The van der Waals surface area contributed by atoms with E-state index in [1.54, 1.807) is 4.90 Å². The van der Waals surface area contributed by atoms with Crippen molar-refractivity contribution >= 4 is 17.6 Å². The normalized spacial score (nSPS) is 22.5. The molecule has 1 atom stereocenters. The quantitative estimate of drug-likeness (QED) is 0.763. The molecule has 1 aromatic carbocycles. The Kier molecular flexibility index (Phi) is 5.62. The molecular formula is C21H30N4O2. The number of likely N-dealkylation sites (tertiary alicyclic amines) is 1. The lowest BCUT2D eigenvalue weighted by atomic mass is 9.89. The summed E-state index contributed by atoms with van der Waals surface area (Å²) in [4.78, 5) is 27.1. The SMILES string of the molecule is O=C(NCC1CCCCC1)[C@H]1CCCN1C(=O)Nc1ccc2c(c1)CNC2. The summed E-state index contributed by atoms with van der Waals surface area (Å²) in [6.45, 7) is 3.12. The fraction of sp³-hybridized carbons (Fsp3) is 0.619. The van der Waals surface area contributed by atoms with Crippen LogP contribution in [0.2, 0.25) is 0 Å². The van der Waals surface area contributed by atoms with Gasteiger partial charge in [0.05, 0.1) is 0 Å². The van der Waals surface area contributed by atoms with Crippen LogP contribution >= 0.6 is 0 Å². The van der Waals surface area contributed by atoms with Gasteiger partial charge in [-0.2, -0.15) is 0 Å². The van der Waals surface area contributed by atoms with Crippen LogP contribution in [0, 0.1) is 5.92 Å². The average molecular weight is 370 g/mol. The van der Waals surface area contributed by atoms with Gasteiger partial charge in [-0.1, -0.05) is 25.3 Å². The highest BCUT2D eigenvalue weighted by molar-refractivity contribution is 5.94. The standard InChI is InChI=1S/C21H30N4O2/c26-20(23-12-15-5-2-1-3-6-15)19-7-4-10-25(19)21(27)24-18-9-8-16-13-22-14-17(16)11-18/h8-9,11,15,19,22H,1-7,10,12-14H2,(H,23,26)(H,24,27)/t19-/m1/s1. The van der Waals surface area contributed by atoms with Crippen LogP contribution in [0.3, 0.4) is 0 Å². The topological polar surface area (TPSA) is 73.5 Å². The Morgan fingerprint density at radius 3 is 2.70 bits per heavy atom. The zero-order valence-corrected chi connectivity index (χ0v) is 15.9. The van der Waals surface area contributed by atoms with Crippen molar-refractivity contribution in [2.24, 2.45) is 5.92 Å². The molecule has 3 amide bonds. The number of carbonyl (C=O) groups excluding carboxylic acids is 2. The highest BCUT2D eigenvalue weighted by atomic mass is 16.2. The Morgan fingerprint density at radius 2 is 1.85 bits per heavy atom. The van der Waals surface area contributed by atoms with Gasteiger partial charge in [-0.05, 0) is 54.9 Å². The first-order chi connectivity index (χ1) is 13.2. The Morgan fingerprint density at radius 1 is 1.04 bits per heavy atom. The molecule has 1 aliphatic carbocycles. The molecular weight excluding hydrogens is 340 g/mol. The highest BCUT2D eigenvalue weighted by Gasteiger charge is 2.34. The Bertz CT molecular complexity index is 699. The number of amides is 3. The summed E-state index contributed by atoms with van der Waals surface area (Å²) in [6, 6.07) is 5.52. The number of urea groups is 1. The molecule has 3 aliphatic rings. The number of anilines is 1. The summed E-state index contributed by atoms with van der Waals surface area (Å²) in [6.07, 6.45) is 7.91. The first-order valence-corrected chi connectivity index (χ1v) is 10.4. The molecule has 2 aliphatic heterocycles. The van der Waals surface area contributed by atoms with E-state index >= 15 is 0 Å². The molecule has 2 heterocycles. The Balaban J connectivity index is 1.32. The van der Waals surface area contributed by atoms with Crippen molar-refractivity contribution in [3.63, 3.8) is 0 Å². The van der Waals surface area contributed by atoms with Gasteiger partial charge in [0.1, 0.15) is 6.04 Å². The fourth-order valence-corrected chi connectivity index (χ4v) is 4.60. The number of hydrogen-bond donors (Lipinski definition) is 3. The molecule has 1 saturated carbocycles. The van der Waals surface area contributed by atoms with Crippen molar-refractivity contribution in [1.82, 2.24) is 15.5 Å². The summed E-state index contributed by atoms with van der Waals surface area (Å²) in [5.74, 6) is 0.609. The highest BCUT2D eigenvalue weighted by Crippen LogP contribution is 2.24. The molecule has 1 aromatic rings. The van der Waals surface area contributed by atoms with Crippen LogP contribution in [0.5, 0.6) is 0 Å². The fourth-order valence-electron chi connectivity index (χ4n) is 4.60. The first kappa shape index (κ1) is 18.3. The number of carbonyl (C=O) groups is 2. The summed E-state index contributed by atoms with van der Waals surface area (Å²) in [5.41, 5.74) is 3.32. The predicted molar refractivity (Wildman–Crippen MR) is 105 cm³/mol. The van der Waals surface area contributed by atoms with Gasteiger partial charge in [-0.25, -0.2) is 4.79 Å². The zero-order chi connectivity index (χ0) is 18.6. The number of benzene rings is 1. The third kappa shape index (κ3) is 4.26. The molecule has 146 valence electrons. The number of fused-ring (bicyclic) bond motifs is 1. The predicted octanol–water partition coefficient (Wildman–Crippen LogP) is 2.98. The van der Waals surface area contributed by atoms with Gasteiger partial charge < -0.3 is 20.9 Å². The van der Waals surface area contributed by atoms with Crippen LogP contribution in [0.15, 0.2) is 18.2 Å². The minimum Gasteiger partial charge on any atom is -0.354 e. The van der Waals surface area contributed by atoms with Crippen molar-refractivity contribution in [3.8, 4) is 0 Å². The van der Waals surface area contributed by atoms with Gasteiger partial charge in [0.2, 0.25) is 5.91 Å². The molecule has 0 bridgehead atoms. The van der Waals surface area contributed by atoms with Crippen LogP contribution in [0.1, 0.15) is 56.1 Å². The number of nitrogens with zero attached hydrogens (tertiary/aromatic N) is 1. The second-order valence-corrected chi connectivity index (χ2v) is 8.12. The number of hydrogen-bond acceptors (Lipinski definition) is 3. The molecule has 6 heteroatoms. The maximum atomic E-state index is 12.8. The van der Waals surface area contributed by atoms with E-state index < -0.39 is 0 Å². The van der Waals surface area contributed by atoms with Gasteiger partial charge in [0.25, 0.3) is 0 Å². The molecule has 0 unspecified atom stereocenters. The van der Waals surface area contributed by atoms with Crippen molar-refractivity contribution < 1.29 is 9.59 Å². The van der Waals surface area contributed by atoms with Crippen molar-refractivity contribution in [2.45, 2.75) is 64.1 Å². The van der Waals surface area contributed by atoms with E-state index in [0.717, 1.165) is 38.2 Å². The smallest absolute Gasteiger partial charge is 0.322 e. The average Bonchev–Trinajstić information content (AvgIpc) is 3.36. The lowest BCUT2D eigenvalue weighted by molar-refractivity contribution is -0.124. The molecule has 27 heavy (non-hydrogen) atoms. The van der Waals surface area contributed by atoms with E-state index in [1.807, 2.05) is 12.1 Å². The Hall–Kier alpha value is -2.08. The van der Waals surface area contributed by atoms with Crippen LogP contribution < -0.4 is 16.0 Å². The second kappa shape index (κ2) is 8.30. The minimum atomic E-state index is -0.343. The Labute approximate surface area is 161 Å². The maximum absolute atomic E-state index is 12.8. The van der Waals surface area contributed by atoms with Crippen LogP contribution in [-0.4, -0.2) is 36.0 Å². The molecule has 1 saturated heterocycles. The summed E-state index contributed by atoms with van der Waals surface area (Å²) >= 11 is 0. The van der Waals surface area contributed by atoms with Crippen molar-refractivity contribution in [2.75, 3.05) is 18.4 Å². The van der Waals surface area contributed by atoms with Gasteiger partial charge in [0, 0.05) is 31.9 Å². The van der Waals surface area contributed by atoms with E-state index in [-0.39, 0.29) is 18.0 Å². The third-order valence-corrected chi connectivity index (χ3v) is 6.19. The molecule has 2 fully saturated rings. The zero-order valence-electron chi connectivity index (χ0n) is 15.9. The summed E-state index contributed by atoms with van der Waals surface area (Å²) in [7, 11) is 0. The number of nitrogens with one attached hydrogen (secondary N) is 3. The third-order valence-electron chi connectivity index (χ3n) is 6.19. The van der Waals surface area contributed by atoms with Crippen LogP contribution in [-0.2, 0) is 17.9 Å². The van der Waals surface area contributed by atoms with E-state index in [9.17, 15) is 9.59 Å². The molecule has 4 rings (SSSR count). The van der Waals surface area contributed by atoms with Gasteiger partial charge in [-0.3, -0.25) is 4.79 Å². The van der Waals surface area contributed by atoms with Crippen LogP contribution in [0.25, 0.3) is 0 Å². The molecule has 0 radical (unpaired) electrons. The van der Waals surface area contributed by atoms with E-state index in [4.69, 9.17) is 0 Å². The lowest BCUT2D eigenvalue weighted by Crippen LogP contribution is -2.48. The van der Waals surface area contributed by atoms with E-state index in [0.29, 0.717) is 12.5 Å². The van der Waals surface area contributed by atoms with E-state index in [2.05, 4.69) is 22.0 Å². The molecule has 0 aromatic heterocycles. The minimum absolute atomic E-state index is 0.00590. The lowest BCUT2D eigenvalue weighted by Gasteiger charge is -2.26. The maximum Gasteiger partial charge on any atom is 0.322 e. The van der Waals surface area contributed by atoms with Gasteiger partial charge in [0.15, 0.2) is 0 Å². The molecule has 3 N–H and O–H groups in total.